The molecule has 0 saturated carbocycles. The average molecular weight is 237 g/mol. The van der Waals surface area contributed by atoms with Gasteiger partial charge in [0.2, 0.25) is 0 Å². The van der Waals surface area contributed by atoms with E-state index in [4.69, 9.17) is 10.9 Å². The van der Waals surface area contributed by atoms with Crippen molar-refractivity contribution in [2.24, 2.45) is 10.9 Å². The van der Waals surface area contributed by atoms with Gasteiger partial charge in [-0.05, 0) is 12.8 Å². The number of aromatic nitrogens is 2. The van der Waals surface area contributed by atoms with Gasteiger partial charge in [-0.2, -0.15) is 0 Å². The van der Waals surface area contributed by atoms with Crippen molar-refractivity contribution in [2.45, 2.75) is 18.9 Å². The van der Waals surface area contributed by atoms with Crippen LogP contribution in [0.3, 0.4) is 0 Å². The SMILES string of the molecule is NC(=NO)c1cnc(N2CCCC2CO)cn1. The molecule has 1 fully saturated rings. The standard InChI is InChI=1S/C10H15N5O2/c11-10(14-17)8-4-13-9(5-12-8)15-3-1-2-7(15)6-16/h4-5,7,16-17H,1-3,6H2,(H2,11,14). The molecule has 7 heteroatoms. The molecule has 1 saturated heterocycles. The maximum Gasteiger partial charge on any atom is 0.190 e. The molecule has 1 atom stereocenters. The highest BCUT2D eigenvalue weighted by molar-refractivity contribution is 5.94. The Morgan fingerprint density at radius 2 is 2.35 bits per heavy atom. The van der Waals surface area contributed by atoms with Crippen LogP contribution in [-0.2, 0) is 0 Å². The highest BCUT2D eigenvalue weighted by Crippen LogP contribution is 2.22. The van der Waals surface area contributed by atoms with E-state index in [1.54, 1.807) is 6.20 Å². The molecule has 2 rings (SSSR count). The van der Waals surface area contributed by atoms with E-state index >= 15 is 0 Å². The van der Waals surface area contributed by atoms with Gasteiger partial charge < -0.3 is 20.9 Å². The molecule has 4 N–H and O–H groups in total. The second-order valence-electron chi connectivity index (χ2n) is 3.92. The minimum atomic E-state index is -0.0656. The second-order valence-corrected chi connectivity index (χ2v) is 3.92. The van der Waals surface area contributed by atoms with Crippen LogP contribution in [0.2, 0.25) is 0 Å². The third-order valence-electron chi connectivity index (χ3n) is 2.89. The molecule has 1 aromatic rings. The molecule has 0 bridgehead atoms. The third kappa shape index (κ3) is 2.28. The number of amidine groups is 1. The Bertz CT molecular complexity index is 406. The molecule has 1 aliphatic heterocycles. The number of rotatable bonds is 3. The van der Waals surface area contributed by atoms with E-state index in [1.165, 1.54) is 6.20 Å². The van der Waals surface area contributed by atoms with Gasteiger partial charge in [0.25, 0.3) is 0 Å². The molecule has 0 aromatic carbocycles. The number of aliphatic hydroxyl groups excluding tert-OH is 1. The van der Waals surface area contributed by atoms with Gasteiger partial charge in [-0.1, -0.05) is 5.16 Å². The lowest BCUT2D eigenvalue weighted by Gasteiger charge is -2.23. The molecule has 0 radical (unpaired) electrons. The van der Waals surface area contributed by atoms with Crippen molar-refractivity contribution in [3.8, 4) is 0 Å². The molecule has 1 unspecified atom stereocenters. The molecule has 17 heavy (non-hydrogen) atoms. The van der Waals surface area contributed by atoms with Crippen LogP contribution in [0.4, 0.5) is 5.82 Å². The van der Waals surface area contributed by atoms with Crippen LogP contribution < -0.4 is 10.6 Å². The van der Waals surface area contributed by atoms with Crippen LogP contribution in [0.1, 0.15) is 18.5 Å². The van der Waals surface area contributed by atoms with Crippen molar-refractivity contribution in [3.63, 3.8) is 0 Å². The van der Waals surface area contributed by atoms with Crippen molar-refractivity contribution < 1.29 is 10.3 Å². The van der Waals surface area contributed by atoms with Crippen molar-refractivity contribution >= 4 is 11.7 Å². The van der Waals surface area contributed by atoms with E-state index in [1.807, 2.05) is 4.90 Å². The largest absolute Gasteiger partial charge is 0.409 e. The quantitative estimate of drug-likeness (QED) is 0.284. The third-order valence-corrected chi connectivity index (χ3v) is 2.89. The summed E-state index contributed by atoms with van der Waals surface area (Å²) in [5.74, 6) is 0.639. The predicted molar refractivity (Wildman–Crippen MR) is 62.0 cm³/mol. The maximum atomic E-state index is 9.22. The molecule has 1 aliphatic rings. The highest BCUT2D eigenvalue weighted by Gasteiger charge is 2.25. The lowest BCUT2D eigenvalue weighted by molar-refractivity contribution is 0.266. The summed E-state index contributed by atoms with van der Waals surface area (Å²) in [5, 5.41) is 20.6. The fourth-order valence-corrected chi connectivity index (χ4v) is 1.98. The molecule has 0 amide bonds. The number of nitrogens with zero attached hydrogens (tertiary/aromatic N) is 4. The molecular formula is C10H15N5O2. The summed E-state index contributed by atoms with van der Waals surface area (Å²) in [4.78, 5) is 10.3. The fraction of sp³-hybridized carbons (Fsp3) is 0.500. The Morgan fingerprint density at radius 3 is 2.94 bits per heavy atom. The summed E-state index contributed by atoms with van der Waals surface area (Å²) in [5.41, 5.74) is 5.72. The minimum absolute atomic E-state index is 0.0656. The predicted octanol–water partition coefficient (Wildman–Crippen LogP) is -0.468. The Kier molecular flexibility index (Phi) is 3.38. The van der Waals surface area contributed by atoms with E-state index in [0.29, 0.717) is 11.5 Å². The molecule has 0 spiro atoms. The monoisotopic (exact) mass is 237 g/mol. The van der Waals surface area contributed by atoms with Crippen molar-refractivity contribution in [3.05, 3.63) is 18.1 Å². The van der Waals surface area contributed by atoms with E-state index in [9.17, 15) is 5.11 Å². The lowest BCUT2D eigenvalue weighted by atomic mass is 10.2. The van der Waals surface area contributed by atoms with Crippen LogP contribution >= 0.6 is 0 Å². The molecule has 7 nitrogen and oxygen atoms in total. The highest BCUT2D eigenvalue weighted by atomic mass is 16.4. The van der Waals surface area contributed by atoms with Gasteiger partial charge in [0.1, 0.15) is 11.5 Å². The number of hydrogen-bond donors (Lipinski definition) is 3. The molecular weight excluding hydrogens is 222 g/mol. The van der Waals surface area contributed by atoms with Crippen LogP contribution in [0.15, 0.2) is 17.5 Å². The van der Waals surface area contributed by atoms with Crippen molar-refractivity contribution in [1.82, 2.24) is 9.97 Å². The van der Waals surface area contributed by atoms with Gasteiger partial charge in [0.15, 0.2) is 5.84 Å². The number of anilines is 1. The Morgan fingerprint density at radius 1 is 1.53 bits per heavy atom. The summed E-state index contributed by atoms with van der Waals surface area (Å²) in [6.07, 6.45) is 5.02. The molecule has 1 aromatic heterocycles. The van der Waals surface area contributed by atoms with E-state index in [2.05, 4.69) is 15.1 Å². The van der Waals surface area contributed by atoms with Crippen LogP contribution in [0, 0.1) is 0 Å². The summed E-state index contributed by atoms with van der Waals surface area (Å²) in [7, 11) is 0. The first-order chi connectivity index (χ1) is 8.26. The molecule has 0 aliphatic carbocycles. The van der Waals surface area contributed by atoms with Gasteiger partial charge in [-0.15, -0.1) is 0 Å². The Hall–Kier alpha value is -1.89. The van der Waals surface area contributed by atoms with Gasteiger partial charge in [0, 0.05) is 6.54 Å². The van der Waals surface area contributed by atoms with Crippen LogP contribution in [-0.4, -0.2) is 45.3 Å². The number of nitrogens with two attached hydrogens (primary N) is 1. The van der Waals surface area contributed by atoms with Crippen LogP contribution in [0.5, 0.6) is 0 Å². The first-order valence-corrected chi connectivity index (χ1v) is 5.43. The summed E-state index contributed by atoms with van der Waals surface area (Å²) >= 11 is 0. The average Bonchev–Trinajstić information content (AvgIpc) is 2.86. The number of hydrogen-bond acceptors (Lipinski definition) is 6. The Balaban J connectivity index is 2.18. The zero-order valence-electron chi connectivity index (χ0n) is 9.32. The van der Waals surface area contributed by atoms with E-state index < -0.39 is 0 Å². The molecule has 2 heterocycles. The zero-order valence-corrected chi connectivity index (χ0v) is 9.32. The van der Waals surface area contributed by atoms with E-state index in [0.717, 1.165) is 19.4 Å². The fourth-order valence-electron chi connectivity index (χ4n) is 1.98. The van der Waals surface area contributed by atoms with Crippen molar-refractivity contribution in [1.29, 1.82) is 0 Å². The molecule has 92 valence electrons. The number of aliphatic hydroxyl groups is 1. The van der Waals surface area contributed by atoms with E-state index in [-0.39, 0.29) is 18.5 Å². The first kappa shape index (κ1) is 11.6. The first-order valence-electron chi connectivity index (χ1n) is 5.43. The van der Waals surface area contributed by atoms with Gasteiger partial charge >= 0.3 is 0 Å². The Labute approximate surface area is 98.6 Å². The summed E-state index contributed by atoms with van der Waals surface area (Å²) in [6.45, 7) is 0.979. The van der Waals surface area contributed by atoms with Gasteiger partial charge in [-0.3, -0.25) is 0 Å². The van der Waals surface area contributed by atoms with Crippen LogP contribution in [0.25, 0.3) is 0 Å². The van der Waals surface area contributed by atoms with Crippen molar-refractivity contribution in [2.75, 3.05) is 18.1 Å². The summed E-state index contributed by atoms with van der Waals surface area (Å²) in [6, 6.07) is 0.110. The topological polar surface area (TPSA) is 108 Å². The van der Waals surface area contributed by atoms with Gasteiger partial charge in [0.05, 0.1) is 25.0 Å². The normalized spacial score (nSPS) is 20.9. The zero-order chi connectivity index (χ0) is 12.3. The van der Waals surface area contributed by atoms with Gasteiger partial charge in [-0.25, -0.2) is 9.97 Å². The number of oxime groups is 1. The smallest absolute Gasteiger partial charge is 0.190 e. The maximum absolute atomic E-state index is 9.22. The minimum Gasteiger partial charge on any atom is -0.409 e. The summed E-state index contributed by atoms with van der Waals surface area (Å²) < 4.78 is 0. The lowest BCUT2D eigenvalue weighted by Crippen LogP contribution is -2.33. The second kappa shape index (κ2) is 4.96.